The third kappa shape index (κ3) is 1.86. The quantitative estimate of drug-likeness (QED) is 0.658. The monoisotopic (exact) mass is 164 g/mol. The Kier molecular flexibility index (Phi) is 2.89. The highest BCUT2D eigenvalue weighted by Crippen LogP contribution is 2.13. The number of rotatable bonds is 2. The largest absolute Gasteiger partial charge is 0.386 e. The van der Waals surface area contributed by atoms with Gasteiger partial charge in [0.05, 0.1) is 5.69 Å². The van der Waals surface area contributed by atoms with E-state index in [1.54, 1.807) is 30.9 Å². The first-order chi connectivity index (χ1) is 5.75. The zero-order valence-electron chi connectivity index (χ0n) is 7.28. The topological polar surface area (TPSA) is 38.1 Å². The van der Waals surface area contributed by atoms with Gasteiger partial charge in [0, 0.05) is 19.7 Å². The van der Waals surface area contributed by atoms with Gasteiger partial charge in [-0.25, -0.2) is 0 Å². The van der Waals surface area contributed by atoms with Crippen molar-refractivity contribution in [1.82, 2.24) is 9.78 Å². The first-order valence-corrected chi connectivity index (χ1v) is 3.81. The number of hydrogen-bond donors (Lipinski definition) is 1. The average Bonchev–Trinajstić information content (AvgIpc) is 2.47. The molecule has 1 N–H and O–H groups in total. The molecule has 3 heteroatoms. The number of hydrogen-bond acceptors (Lipinski definition) is 2. The van der Waals surface area contributed by atoms with Crippen molar-refractivity contribution >= 4 is 0 Å². The molecule has 1 rings (SSSR count). The molecule has 0 spiro atoms. The number of nitrogens with zero attached hydrogens (tertiary/aromatic N) is 2. The fraction of sp³-hybridized carbons (Fsp3) is 0.444. The van der Waals surface area contributed by atoms with Gasteiger partial charge in [0.25, 0.3) is 0 Å². The molecule has 0 aliphatic heterocycles. The minimum atomic E-state index is -0.523. The van der Waals surface area contributed by atoms with E-state index >= 15 is 0 Å². The van der Waals surface area contributed by atoms with Gasteiger partial charge >= 0.3 is 0 Å². The van der Waals surface area contributed by atoms with Gasteiger partial charge in [0.15, 0.2) is 0 Å². The lowest BCUT2D eigenvalue weighted by molar-refractivity contribution is 0.174. The second-order valence-corrected chi connectivity index (χ2v) is 2.53. The maximum atomic E-state index is 9.56. The van der Waals surface area contributed by atoms with Crippen LogP contribution in [0.3, 0.4) is 0 Å². The van der Waals surface area contributed by atoms with Crippen LogP contribution in [0, 0.1) is 11.8 Å². The van der Waals surface area contributed by atoms with Crippen LogP contribution < -0.4 is 0 Å². The number of aliphatic hydroxyl groups excluding tert-OH is 1. The van der Waals surface area contributed by atoms with Gasteiger partial charge < -0.3 is 5.11 Å². The summed E-state index contributed by atoms with van der Waals surface area (Å²) in [6, 6.07) is 1.79. The Balaban J connectivity index is 2.68. The molecule has 0 saturated heterocycles. The first kappa shape index (κ1) is 8.82. The predicted octanol–water partition coefficient (Wildman–Crippen LogP) is 0.867. The molecule has 0 fully saturated rings. The Hall–Kier alpha value is -1.27. The normalized spacial score (nSPS) is 11.9. The van der Waals surface area contributed by atoms with Crippen molar-refractivity contribution in [3.8, 4) is 11.8 Å². The fourth-order valence-electron chi connectivity index (χ4n) is 1.01. The van der Waals surface area contributed by atoms with Crippen LogP contribution >= 0.6 is 0 Å². The minimum Gasteiger partial charge on any atom is -0.386 e. The standard InChI is InChI=1S/C9H12N2O/c1-3-4-5-9(12)8-6-7-10-11(8)2/h6-7,9,12H,5H2,1-2H3. The van der Waals surface area contributed by atoms with Crippen molar-refractivity contribution in [3.63, 3.8) is 0 Å². The van der Waals surface area contributed by atoms with Gasteiger partial charge in [-0.3, -0.25) is 4.68 Å². The molecule has 0 aliphatic rings. The van der Waals surface area contributed by atoms with Crippen molar-refractivity contribution in [1.29, 1.82) is 0 Å². The van der Waals surface area contributed by atoms with E-state index in [4.69, 9.17) is 0 Å². The Bertz CT molecular complexity index is 306. The lowest BCUT2D eigenvalue weighted by Gasteiger charge is -2.06. The summed E-state index contributed by atoms with van der Waals surface area (Å²) in [7, 11) is 1.80. The van der Waals surface area contributed by atoms with E-state index in [0.717, 1.165) is 5.69 Å². The van der Waals surface area contributed by atoms with Crippen molar-refractivity contribution in [2.45, 2.75) is 19.4 Å². The molecule has 1 heterocycles. The zero-order valence-corrected chi connectivity index (χ0v) is 7.28. The zero-order chi connectivity index (χ0) is 8.97. The van der Waals surface area contributed by atoms with Gasteiger partial charge in [0.1, 0.15) is 6.10 Å². The molecule has 1 aromatic rings. The van der Waals surface area contributed by atoms with Gasteiger partial charge in [0.2, 0.25) is 0 Å². The second-order valence-electron chi connectivity index (χ2n) is 2.53. The van der Waals surface area contributed by atoms with Crippen LogP contribution in [0.4, 0.5) is 0 Å². The lowest BCUT2D eigenvalue weighted by Crippen LogP contribution is -2.04. The molecule has 3 nitrogen and oxygen atoms in total. The van der Waals surface area contributed by atoms with Gasteiger partial charge in [-0.2, -0.15) is 5.10 Å². The Morgan fingerprint density at radius 2 is 2.50 bits per heavy atom. The van der Waals surface area contributed by atoms with Crippen molar-refractivity contribution in [2.24, 2.45) is 7.05 Å². The van der Waals surface area contributed by atoms with E-state index in [9.17, 15) is 5.11 Å². The summed E-state index contributed by atoms with van der Waals surface area (Å²) in [6.07, 6.45) is 1.61. The molecule has 0 saturated carbocycles. The Labute approximate surface area is 72.0 Å². The summed E-state index contributed by atoms with van der Waals surface area (Å²) in [4.78, 5) is 0. The number of aryl methyl sites for hydroxylation is 1. The molecule has 1 atom stereocenters. The summed E-state index contributed by atoms with van der Waals surface area (Å²) in [5.74, 6) is 5.56. The average molecular weight is 164 g/mol. The van der Waals surface area contributed by atoms with E-state index < -0.39 is 6.10 Å². The summed E-state index contributed by atoms with van der Waals surface area (Å²) in [5, 5.41) is 13.5. The van der Waals surface area contributed by atoms with E-state index in [-0.39, 0.29) is 0 Å². The molecule has 0 radical (unpaired) electrons. The van der Waals surface area contributed by atoms with Crippen molar-refractivity contribution in [2.75, 3.05) is 0 Å². The minimum absolute atomic E-state index is 0.468. The summed E-state index contributed by atoms with van der Waals surface area (Å²) < 4.78 is 1.65. The first-order valence-electron chi connectivity index (χ1n) is 3.81. The summed E-state index contributed by atoms with van der Waals surface area (Å²) in [6.45, 7) is 1.76. The van der Waals surface area contributed by atoms with E-state index in [0.29, 0.717) is 6.42 Å². The summed E-state index contributed by atoms with van der Waals surface area (Å²) in [5.41, 5.74) is 0.803. The lowest BCUT2D eigenvalue weighted by atomic mass is 10.2. The Morgan fingerprint density at radius 1 is 1.75 bits per heavy atom. The third-order valence-corrected chi connectivity index (χ3v) is 1.67. The van der Waals surface area contributed by atoms with E-state index in [1.807, 2.05) is 0 Å². The van der Waals surface area contributed by atoms with Crippen LogP contribution in [0.25, 0.3) is 0 Å². The highest BCUT2D eigenvalue weighted by Gasteiger charge is 2.08. The predicted molar refractivity (Wildman–Crippen MR) is 46.2 cm³/mol. The SMILES string of the molecule is CC#CCC(O)c1ccnn1C. The molecule has 64 valence electrons. The van der Waals surface area contributed by atoms with Crippen molar-refractivity contribution in [3.05, 3.63) is 18.0 Å². The van der Waals surface area contributed by atoms with Gasteiger partial charge in [-0.1, -0.05) is 0 Å². The van der Waals surface area contributed by atoms with Crippen molar-refractivity contribution < 1.29 is 5.11 Å². The molecular formula is C9H12N2O. The van der Waals surface area contributed by atoms with Crippen LogP contribution in [0.2, 0.25) is 0 Å². The number of aliphatic hydroxyl groups is 1. The van der Waals surface area contributed by atoms with Crippen LogP contribution in [0.15, 0.2) is 12.3 Å². The van der Waals surface area contributed by atoms with Gasteiger partial charge in [-0.15, -0.1) is 11.8 Å². The van der Waals surface area contributed by atoms with Crippen LogP contribution in [-0.2, 0) is 7.05 Å². The Morgan fingerprint density at radius 3 is 3.00 bits per heavy atom. The highest BCUT2D eigenvalue weighted by atomic mass is 16.3. The third-order valence-electron chi connectivity index (χ3n) is 1.67. The van der Waals surface area contributed by atoms with E-state index in [1.165, 1.54) is 0 Å². The summed E-state index contributed by atoms with van der Waals surface area (Å²) >= 11 is 0. The highest BCUT2D eigenvalue weighted by molar-refractivity contribution is 5.08. The molecule has 1 aromatic heterocycles. The molecular weight excluding hydrogens is 152 g/mol. The molecule has 0 amide bonds. The maximum absolute atomic E-state index is 9.56. The molecule has 0 bridgehead atoms. The van der Waals surface area contributed by atoms with Crippen LogP contribution in [-0.4, -0.2) is 14.9 Å². The van der Waals surface area contributed by atoms with E-state index in [2.05, 4.69) is 16.9 Å². The maximum Gasteiger partial charge on any atom is 0.106 e. The smallest absolute Gasteiger partial charge is 0.106 e. The fourth-order valence-corrected chi connectivity index (χ4v) is 1.01. The second kappa shape index (κ2) is 3.93. The van der Waals surface area contributed by atoms with Crippen LogP contribution in [0.5, 0.6) is 0 Å². The number of aromatic nitrogens is 2. The van der Waals surface area contributed by atoms with Crippen LogP contribution in [0.1, 0.15) is 25.1 Å². The van der Waals surface area contributed by atoms with Gasteiger partial charge in [-0.05, 0) is 13.0 Å². The molecule has 1 unspecified atom stereocenters. The molecule has 12 heavy (non-hydrogen) atoms. The molecule has 0 aromatic carbocycles. The molecule has 0 aliphatic carbocycles.